The van der Waals surface area contributed by atoms with E-state index in [4.69, 9.17) is 20.2 Å². The van der Waals surface area contributed by atoms with Crippen LogP contribution in [0, 0.1) is 12.7 Å². The molecule has 1 atom stereocenters. The van der Waals surface area contributed by atoms with Crippen LogP contribution < -0.4 is 5.73 Å². The molecule has 2 aromatic rings. The molecule has 3 rings (SSSR count). The van der Waals surface area contributed by atoms with Crippen LogP contribution in [0.3, 0.4) is 0 Å². The number of aryl methyl sites for hydroxylation is 1. The van der Waals surface area contributed by atoms with Crippen molar-refractivity contribution in [1.29, 1.82) is 0 Å². The van der Waals surface area contributed by atoms with Gasteiger partial charge in [0.25, 0.3) is 0 Å². The molecule has 8 nitrogen and oxygen atoms in total. The van der Waals surface area contributed by atoms with Gasteiger partial charge in [-0.1, -0.05) is 5.16 Å². The summed E-state index contributed by atoms with van der Waals surface area (Å²) in [5, 5.41) is 11.1. The van der Waals surface area contributed by atoms with Gasteiger partial charge in [0.15, 0.2) is 0 Å². The van der Waals surface area contributed by atoms with Gasteiger partial charge in [-0.15, -0.1) is 0 Å². The number of carbonyl (C=O) groups is 2. The molecule has 1 unspecified atom stereocenters. The van der Waals surface area contributed by atoms with Gasteiger partial charge in [-0.2, -0.15) is 18.2 Å². The number of halogens is 4. The molecule has 0 radical (unpaired) electrons. The fourth-order valence-electron chi connectivity index (χ4n) is 2.76. The van der Waals surface area contributed by atoms with Gasteiger partial charge in [0.2, 0.25) is 17.6 Å². The third-order valence-electron chi connectivity index (χ3n) is 4.29. The molecule has 2 heterocycles. The van der Waals surface area contributed by atoms with Crippen molar-refractivity contribution in [3.05, 3.63) is 35.5 Å². The van der Waals surface area contributed by atoms with Gasteiger partial charge < -0.3 is 20.3 Å². The van der Waals surface area contributed by atoms with E-state index >= 15 is 0 Å². The number of aliphatic carboxylic acids is 1. The Balaban J connectivity index is 0.000000396. The number of nitrogens with two attached hydrogens (primary N) is 1. The van der Waals surface area contributed by atoms with Crippen molar-refractivity contribution in [2.24, 2.45) is 5.73 Å². The van der Waals surface area contributed by atoms with Crippen molar-refractivity contribution < 1.29 is 36.8 Å². The van der Waals surface area contributed by atoms with Crippen LogP contribution in [0.4, 0.5) is 17.6 Å². The first-order valence-corrected chi connectivity index (χ1v) is 8.92. The van der Waals surface area contributed by atoms with Gasteiger partial charge in [0, 0.05) is 12.1 Å². The van der Waals surface area contributed by atoms with Crippen molar-refractivity contribution in [2.45, 2.75) is 44.9 Å². The molecule has 1 aromatic heterocycles. The Morgan fingerprint density at radius 2 is 2.03 bits per heavy atom. The minimum absolute atomic E-state index is 0.0831. The first kappa shape index (κ1) is 23.3. The Labute approximate surface area is 168 Å². The minimum Gasteiger partial charge on any atom is -0.475 e. The Hall–Kier alpha value is -3.02. The molecule has 1 aliphatic heterocycles. The molecule has 0 saturated carbocycles. The van der Waals surface area contributed by atoms with Gasteiger partial charge in [-0.05, 0) is 49.9 Å². The Morgan fingerprint density at radius 1 is 1.37 bits per heavy atom. The number of carboxylic acid groups (broad SMARTS) is 1. The van der Waals surface area contributed by atoms with E-state index in [2.05, 4.69) is 10.1 Å². The standard InChI is InChI=1S/C16H19FN4O2.C2HF3O2/c1-10-8-11(17)5-6-12(10)15-19-14(23-20-15)9-21-7-3-2-4-13(18)16(21)22;3-2(4,5)1(6)7/h5-6,8,13H,2-4,7,9,18H2,1H3;(H,6,7). The monoisotopic (exact) mass is 432 g/mol. The highest BCUT2D eigenvalue weighted by molar-refractivity contribution is 5.81. The summed E-state index contributed by atoms with van der Waals surface area (Å²) < 4.78 is 50.2. The average Bonchev–Trinajstić information content (AvgIpc) is 3.05. The highest BCUT2D eigenvalue weighted by Crippen LogP contribution is 2.22. The quantitative estimate of drug-likeness (QED) is 0.715. The maximum atomic E-state index is 13.2. The van der Waals surface area contributed by atoms with E-state index in [1.54, 1.807) is 17.9 Å². The largest absolute Gasteiger partial charge is 0.490 e. The van der Waals surface area contributed by atoms with Crippen LogP contribution in [0.5, 0.6) is 0 Å². The van der Waals surface area contributed by atoms with E-state index < -0.39 is 18.2 Å². The average molecular weight is 432 g/mol. The van der Waals surface area contributed by atoms with E-state index in [-0.39, 0.29) is 18.3 Å². The lowest BCUT2D eigenvalue weighted by Crippen LogP contribution is -2.41. The van der Waals surface area contributed by atoms with Crippen molar-refractivity contribution in [3.63, 3.8) is 0 Å². The van der Waals surface area contributed by atoms with Crippen molar-refractivity contribution >= 4 is 11.9 Å². The van der Waals surface area contributed by atoms with Crippen LogP contribution >= 0.6 is 0 Å². The van der Waals surface area contributed by atoms with Crippen molar-refractivity contribution in [2.75, 3.05) is 6.54 Å². The second kappa shape index (κ2) is 9.65. The predicted octanol–water partition coefficient (Wildman–Crippen LogP) is 2.66. The number of aromatic nitrogens is 2. The zero-order valence-corrected chi connectivity index (χ0v) is 15.9. The number of carbonyl (C=O) groups excluding carboxylic acids is 1. The fourth-order valence-corrected chi connectivity index (χ4v) is 2.76. The Bertz CT molecular complexity index is 901. The lowest BCUT2D eigenvalue weighted by Gasteiger charge is -2.20. The summed E-state index contributed by atoms with van der Waals surface area (Å²) in [4.78, 5) is 27.1. The molecule has 30 heavy (non-hydrogen) atoms. The summed E-state index contributed by atoms with van der Waals surface area (Å²) in [7, 11) is 0. The zero-order chi connectivity index (χ0) is 22.5. The lowest BCUT2D eigenvalue weighted by atomic mass is 10.1. The van der Waals surface area contributed by atoms with Gasteiger partial charge in [0.1, 0.15) is 12.4 Å². The molecule has 0 spiro atoms. The number of likely N-dealkylation sites (tertiary alicyclic amines) is 1. The third-order valence-corrected chi connectivity index (χ3v) is 4.29. The molecule has 1 saturated heterocycles. The van der Waals surface area contributed by atoms with E-state index in [9.17, 15) is 22.4 Å². The molecule has 3 N–H and O–H groups in total. The first-order chi connectivity index (χ1) is 14.0. The molecule has 0 aliphatic carbocycles. The molecule has 1 fully saturated rings. The van der Waals surface area contributed by atoms with Crippen LogP contribution in [0.2, 0.25) is 0 Å². The normalized spacial score (nSPS) is 17.2. The number of rotatable bonds is 3. The van der Waals surface area contributed by atoms with Crippen LogP contribution in [0.25, 0.3) is 11.4 Å². The van der Waals surface area contributed by atoms with Crippen LogP contribution in [0.15, 0.2) is 22.7 Å². The molecule has 1 aromatic carbocycles. The number of nitrogens with zero attached hydrogens (tertiary/aromatic N) is 3. The van der Waals surface area contributed by atoms with E-state index in [1.807, 2.05) is 0 Å². The van der Waals surface area contributed by atoms with Gasteiger partial charge in [-0.3, -0.25) is 4.79 Å². The summed E-state index contributed by atoms with van der Waals surface area (Å²) in [6, 6.07) is 3.93. The molecule has 0 bridgehead atoms. The number of benzene rings is 1. The van der Waals surface area contributed by atoms with Gasteiger partial charge >= 0.3 is 12.1 Å². The summed E-state index contributed by atoms with van der Waals surface area (Å²) in [6.07, 6.45) is -2.52. The van der Waals surface area contributed by atoms with Crippen LogP contribution in [0.1, 0.15) is 30.7 Å². The van der Waals surface area contributed by atoms with E-state index in [0.717, 1.165) is 18.4 Å². The molecule has 164 valence electrons. The number of alkyl halides is 3. The fraction of sp³-hybridized carbons (Fsp3) is 0.444. The lowest BCUT2D eigenvalue weighted by molar-refractivity contribution is -0.192. The maximum absolute atomic E-state index is 13.2. The van der Waals surface area contributed by atoms with E-state index in [1.165, 1.54) is 12.1 Å². The second-order valence-electron chi connectivity index (χ2n) is 6.64. The van der Waals surface area contributed by atoms with Crippen LogP contribution in [-0.2, 0) is 16.1 Å². The Morgan fingerprint density at radius 3 is 2.63 bits per heavy atom. The summed E-state index contributed by atoms with van der Waals surface area (Å²) in [5.41, 5.74) is 7.29. The molecule has 1 aliphatic rings. The molecular formula is C18H20F4N4O4. The minimum atomic E-state index is -5.08. The number of hydrogen-bond acceptors (Lipinski definition) is 6. The van der Waals surface area contributed by atoms with Gasteiger partial charge in [-0.25, -0.2) is 9.18 Å². The molecule has 1 amide bonds. The third kappa shape index (κ3) is 6.24. The zero-order valence-electron chi connectivity index (χ0n) is 15.9. The van der Waals surface area contributed by atoms with Gasteiger partial charge in [0.05, 0.1) is 6.04 Å². The Kier molecular flexibility index (Phi) is 7.48. The SMILES string of the molecule is Cc1cc(F)ccc1-c1noc(CN2CCCCC(N)C2=O)n1.O=C(O)C(F)(F)F. The smallest absolute Gasteiger partial charge is 0.475 e. The summed E-state index contributed by atoms with van der Waals surface area (Å²) in [5.74, 6) is -2.40. The summed E-state index contributed by atoms with van der Waals surface area (Å²) in [6.45, 7) is 2.67. The van der Waals surface area contributed by atoms with Crippen molar-refractivity contribution in [3.8, 4) is 11.4 Å². The van der Waals surface area contributed by atoms with Crippen LogP contribution in [-0.4, -0.2) is 50.8 Å². The molecular weight excluding hydrogens is 412 g/mol. The maximum Gasteiger partial charge on any atom is 0.490 e. The summed E-state index contributed by atoms with van der Waals surface area (Å²) >= 11 is 0. The highest BCUT2D eigenvalue weighted by Gasteiger charge is 2.38. The molecule has 12 heteroatoms. The van der Waals surface area contributed by atoms with E-state index in [0.29, 0.717) is 30.2 Å². The second-order valence-corrected chi connectivity index (χ2v) is 6.64. The topological polar surface area (TPSA) is 123 Å². The number of hydrogen-bond donors (Lipinski definition) is 2. The predicted molar refractivity (Wildman–Crippen MR) is 95.4 cm³/mol. The highest BCUT2D eigenvalue weighted by atomic mass is 19.4. The van der Waals surface area contributed by atoms with Crippen molar-refractivity contribution in [1.82, 2.24) is 15.0 Å². The number of amides is 1. The number of carboxylic acids is 1. The first-order valence-electron chi connectivity index (χ1n) is 8.92.